The molecule has 1 atom stereocenters. The lowest BCUT2D eigenvalue weighted by Crippen LogP contribution is -2.31. The fourth-order valence-electron chi connectivity index (χ4n) is 1.50. The van der Waals surface area contributed by atoms with Crippen molar-refractivity contribution in [1.82, 2.24) is 4.90 Å². The van der Waals surface area contributed by atoms with Crippen LogP contribution < -0.4 is 0 Å². The van der Waals surface area contributed by atoms with Crippen molar-refractivity contribution >= 4 is 0 Å². The highest BCUT2D eigenvalue weighted by atomic mass is 19.3. The first kappa shape index (κ1) is 8.91. The van der Waals surface area contributed by atoms with Crippen LogP contribution in [-0.2, 0) is 0 Å². The Labute approximate surface area is 66.4 Å². The van der Waals surface area contributed by atoms with Crippen molar-refractivity contribution < 1.29 is 8.78 Å². The van der Waals surface area contributed by atoms with Crippen LogP contribution in [0, 0.1) is 0 Å². The topological polar surface area (TPSA) is 3.24 Å². The number of rotatable bonds is 0. The highest BCUT2D eigenvalue weighted by Crippen LogP contribution is 2.30. The first-order valence-electron chi connectivity index (χ1n) is 4.09. The van der Waals surface area contributed by atoms with Gasteiger partial charge in [-0.1, -0.05) is 0 Å². The third-order valence-electron chi connectivity index (χ3n) is 2.40. The molecule has 66 valence electrons. The zero-order valence-corrected chi connectivity index (χ0v) is 7.11. The summed E-state index contributed by atoms with van der Waals surface area (Å²) in [7, 11) is 1.91. The quantitative estimate of drug-likeness (QED) is 0.528. The van der Waals surface area contributed by atoms with Gasteiger partial charge in [-0.3, -0.25) is 0 Å². The third-order valence-corrected chi connectivity index (χ3v) is 2.40. The smallest absolute Gasteiger partial charge is 0.249 e. The molecule has 0 saturated carbocycles. The summed E-state index contributed by atoms with van der Waals surface area (Å²) < 4.78 is 25.7. The van der Waals surface area contributed by atoms with E-state index in [0.29, 0.717) is 6.42 Å². The van der Waals surface area contributed by atoms with E-state index < -0.39 is 5.92 Å². The monoisotopic (exact) mass is 163 g/mol. The van der Waals surface area contributed by atoms with Crippen LogP contribution in [0.5, 0.6) is 0 Å². The van der Waals surface area contributed by atoms with Crippen LogP contribution in [0.3, 0.4) is 0 Å². The number of hydrogen-bond acceptors (Lipinski definition) is 1. The highest BCUT2D eigenvalue weighted by molar-refractivity contribution is 4.78. The molecular formula is C8H15F2N. The summed E-state index contributed by atoms with van der Waals surface area (Å²) >= 11 is 0. The Morgan fingerprint density at radius 2 is 2.09 bits per heavy atom. The normalized spacial score (nSPS) is 33.3. The second-order valence-electron chi connectivity index (χ2n) is 3.49. The van der Waals surface area contributed by atoms with Gasteiger partial charge in [-0.15, -0.1) is 0 Å². The first-order valence-corrected chi connectivity index (χ1v) is 4.09. The van der Waals surface area contributed by atoms with Crippen LogP contribution in [0.25, 0.3) is 0 Å². The van der Waals surface area contributed by atoms with Crippen molar-refractivity contribution in [3.63, 3.8) is 0 Å². The summed E-state index contributed by atoms with van der Waals surface area (Å²) in [5.41, 5.74) is 0. The van der Waals surface area contributed by atoms with Crippen molar-refractivity contribution in [3.8, 4) is 0 Å². The van der Waals surface area contributed by atoms with Crippen molar-refractivity contribution in [3.05, 3.63) is 0 Å². The maximum Gasteiger partial charge on any atom is 0.249 e. The zero-order chi connectivity index (χ0) is 8.48. The average molecular weight is 163 g/mol. The second-order valence-corrected chi connectivity index (χ2v) is 3.49. The van der Waals surface area contributed by atoms with E-state index in [1.807, 2.05) is 18.9 Å². The van der Waals surface area contributed by atoms with Crippen LogP contribution in [-0.4, -0.2) is 30.5 Å². The summed E-state index contributed by atoms with van der Waals surface area (Å²) in [4.78, 5) is 2.00. The molecule has 1 unspecified atom stereocenters. The van der Waals surface area contributed by atoms with Gasteiger partial charge in [-0.25, -0.2) is 8.78 Å². The SMILES string of the molecule is CC1CC(F)(F)CCCN1C. The fraction of sp³-hybridized carbons (Fsp3) is 1.00. The number of nitrogens with zero attached hydrogens (tertiary/aromatic N) is 1. The van der Waals surface area contributed by atoms with E-state index in [2.05, 4.69) is 0 Å². The Kier molecular flexibility index (Phi) is 2.47. The Morgan fingerprint density at radius 3 is 2.73 bits per heavy atom. The Morgan fingerprint density at radius 1 is 1.45 bits per heavy atom. The van der Waals surface area contributed by atoms with E-state index >= 15 is 0 Å². The molecule has 1 aliphatic rings. The molecule has 0 aliphatic carbocycles. The standard InChI is InChI=1S/C8H15F2N/c1-7-6-8(9,10)4-3-5-11(7)2/h7H,3-6H2,1-2H3. The van der Waals surface area contributed by atoms with E-state index in [0.717, 1.165) is 6.54 Å². The summed E-state index contributed by atoms with van der Waals surface area (Å²) in [5.74, 6) is -2.43. The largest absolute Gasteiger partial charge is 0.303 e. The van der Waals surface area contributed by atoms with Gasteiger partial charge in [0.05, 0.1) is 0 Å². The van der Waals surface area contributed by atoms with Gasteiger partial charge in [0.15, 0.2) is 0 Å². The molecule has 0 bridgehead atoms. The van der Waals surface area contributed by atoms with Crippen LogP contribution >= 0.6 is 0 Å². The Hall–Kier alpha value is -0.180. The predicted octanol–water partition coefficient (Wildman–Crippen LogP) is 2.13. The van der Waals surface area contributed by atoms with Crippen molar-refractivity contribution in [1.29, 1.82) is 0 Å². The first-order chi connectivity index (χ1) is 5.01. The summed E-state index contributed by atoms with van der Waals surface area (Å²) in [6.07, 6.45) is 0.693. The molecule has 0 aromatic heterocycles. The molecule has 1 nitrogen and oxygen atoms in total. The van der Waals surface area contributed by atoms with E-state index in [9.17, 15) is 8.78 Å². The molecule has 0 aromatic carbocycles. The lowest BCUT2D eigenvalue weighted by Gasteiger charge is -2.22. The van der Waals surface area contributed by atoms with Gasteiger partial charge < -0.3 is 4.90 Å². The predicted molar refractivity (Wildman–Crippen MR) is 40.9 cm³/mol. The van der Waals surface area contributed by atoms with E-state index in [1.165, 1.54) is 0 Å². The lowest BCUT2D eigenvalue weighted by atomic mass is 10.1. The van der Waals surface area contributed by atoms with Gasteiger partial charge in [0, 0.05) is 18.9 Å². The van der Waals surface area contributed by atoms with Crippen molar-refractivity contribution in [2.24, 2.45) is 0 Å². The summed E-state index contributed by atoms with van der Waals surface area (Å²) in [6.45, 7) is 2.66. The van der Waals surface area contributed by atoms with Crippen LogP contribution in [0.4, 0.5) is 8.78 Å². The minimum Gasteiger partial charge on any atom is -0.303 e. The average Bonchev–Trinajstić information content (AvgIpc) is 1.93. The Balaban J connectivity index is 2.55. The molecular weight excluding hydrogens is 148 g/mol. The van der Waals surface area contributed by atoms with Crippen LogP contribution in [0.2, 0.25) is 0 Å². The van der Waals surface area contributed by atoms with Crippen LogP contribution in [0.15, 0.2) is 0 Å². The molecule has 1 saturated heterocycles. The summed E-state index contributed by atoms with van der Waals surface area (Å²) in [5, 5.41) is 0. The van der Waals surface area contributed by atoms with Gasteiger partial charge in [0.25, 0.3) is 0 Å². The molecule has 0 amide bonds. The number of likely N-dealkylation sites (tertiary alicyclic amines) is 1. The molecule has 1 fully saturated rings. The Bertz CT molecular complexity index is 136. The lowest BCUT2D eigenvalue weighted by molar-refractivity contribution is -0.0216. The third kappa shape index (κ3) is 2.40. The van der Waals surface area contributed by atoms with Gasteiger partial charge in [0.1, 0.15) is 0 Å². The second kappa shape index (κ2) is 3.05. The molecule has 0 N–H and O–H groups in total. The van der Waals surface area contributed by atoms with E-state index in [1.54, 1.807) is 0 Å². The van der Waals surface area contributed by atoms with Gasteiger partial charge in [-0.05, 0) is 26.9 Å². The van der Waals surface area contributed by atoms with Gasteiger partial charge >= 0.3 is 0 Å². The van der Waals surface area contributed by atoms with Crippen LogP contribution in [0.1, 0.15) is 26.2 Å². The molecule has 0 radical (unpaired) electrons. The minimum atomic E-state index is -2.43. The minimum absolute atomic E-state index is 0.0174. The van der Waals surface area contributed by atoms with E-state index in [-0.39, 0.29) is 18.9 Å². The molecule has 1 aliphatic heterocycles. The highest BCUT2D eigenvalue weighted by Gasteiger charge is 2.34. The number of alkyl halides is 2. The molecule has 0 aromatic rings. The molecule has 3 heteroatoms. The summed E-state index contributed by atoms with van der Waals surface area (Å²) in [6, 6.07) is 0.0208. The zero-order valence-electron chi connectivity index (χ0n) is 7.11. The molecule has 11 heavy (non-hydrogen) atoms. The van der Waals surface area contributed by atoms with Crippen molar-refractivity contribution in [2.75, 3.05) is 13.6 Å². The number of halogens is 2. The van der Waals surface area contributed by atoms with Gasteiger partial charge in [0.2, 0.25) is 5.92 Å². The van der Waals surface area contributed by atoms with Crippen molar-refractivity contribution in [2.45, 2.75) is 38.2 Å². The molecule has 0 spiro atoms. The number of hydrogen-bond donors (Lipinski definition) is 0. The maximum absolute atomic E-state index is 12.9. The van der Waals surface area contributed by atoms with E-state index in [4.69, 9.17) is 0 Å². The molecule has 1 heterocycles. The fourth-order valence-corrected chi connectivity index (χ4v) is 1.50. The maximum atomic E-state index is 12.9. The van der Waals surface area contributed by atoms with Gasteiger partial charge in [-0.2, -0.15) is 0 Å². The molecule has 1 rings (SSSR count).